The number of isocyanates is 1. The Labute approximate surface area is 125 Å². The summed E-state index contributed by atoms with van der Waals surface area (Å²) < 4.78 is 5.71. The van der Waals surface area contributed by atoms with Gasteiger partial charge in [-0.1, -0.05) is 56.2 Å². The van der Waals surface area contributed by atoms with E-state index in [0.717, 1.165) is 30.4 Å². The van der Waals surface area contributed by atoms with Crippen molar-refractivity contribution in [2.24, 2.45) is 4.99 Å². The SMILES string of the molecule is CCCCCOc1ccc(-c2ccccc2)cc1N=C=O. The molecule has 0 fully saturated rings. The third-order valence-corrected chi connectivity index (χ3v) is 3.24. The first-order valence-electron chi connectivity index (χ1n) is 7.25. The largest absolute Gasteiger partial charge is 0.491 e. The highest BCUT2D eigenvalue weighted by atomic mass is 16.5. The highest BCUT2D eigenvalue weighted by Crippen LogP contribution is 2.32. The molecular formula is C18H19NO2. The van der Waals surface area contributed by atoms with Crippen molar-refractivity contribution in [3.63, 3.8) is 0 Å². The minimum atomic E-state index is 0.530. The van der Waals surface area contributed by atoms with E-state index >= 15 is 0 Å². The van der Waals surface area contributed by atoms with Crippen molar-refractivity contribution in [1.29, 1.82) is 0 Å². The van der Waals surface area contributed by atoms with Crippen LogP contribution in [0.15, 0.2) is 53.5 Å². The van der Waals surface area contributed by atoms with E-state index in [1.54, 1.807) is 6.08 Å². The molecule has 3 nitrogen and oxygen atoms in total. The molecule has 0 aromatic heterocycles. The molecule has 0 radical (unpaired) electrons. The first-order chi connectivity index (χ1) is 10.3. The summed E-state index contributed by atoms with van der Waals surface area (Å²) in [5, 5.41) is 0. The molecule has 0 aliphatic heterocycles. The van der Waals surface area contributed by atoms with Gasteiger partial charge in [0.15, 0.2) is 0 Å². The third-order valence-electron chi connectivity index (χ3n) is 3.24. The Morgan fingerprint density at radius 1 is 1.05 bits per heavy atom. The smallest absolute Gasteiger partial charge is 0.240 e. The summed E-state index contributed by atoms with van der Waals surface area (Å²) >= 11 is 0. The molecule has 108 valence electrons. The number of hydrogen-bond acceptors (Lipinski definition) is 3. The maximum atomic E-state index is 10.6. The average Bonchev–Trinajstić information content (AvgIpc) is 2.54. The molecule has 2 aromatic carbocycles. The van der Waals surface area contributed by atoms with Crippen molar-refractivity contribution in [2.45, 2.75) is 26.2 Å². The van der Waals surface area contributed by atoms with E-state index in [-0.39, 0.29) is 0 Å². The summed E-state index contributed by atoms with van der Waals surface area (Å²) in [5.74, 6) is 0.633. The predicted molar refractivity (Wildman–Crippen MR) is 84.7 cm³/mol. The van der Waals surface area contributed by atoms with E-state index in [1.165, 1.54) is 0 Å². The zero-order chi connectivity index (χ0) is 14.9. The lowest BCUT2D eigenvalue weighted by Crippen LogP contribution is -1.97. The van der Waals surface area contributed by atoms with E-state index in [2.05, 4.69) is 11.9 Å². The molecule has 0 N–H and O–H groups in total. The minimum absolute atomic E-state index is 0.530. The maximum Gasteiger partial charge on any atom is 0.240 e. The summed E-state index contributed by atoms with van der Waals surface area (Å²) in [5.41, 5.74) is 2.62. The molecule has 2 aromatic rings. The Kier molecular flexibility index (Phi) is 5.74. The third kappa shape index (κ3) is 4.30. The number of carbonyl (C=O) groups excluding carboxylic acids is 1. The maximum absolute atomic E-state index is 10.6. The van der Waals surface area contributed by atoms with Crippen LogP contribution in [0.5, 0.6) is 5.75 Å². The lowest BCUT2D eigenvalue weighted by molar-refractivity contribution is 0.307. The number of rotatable bonds is 7. The zero-order valence-corrected chi connectivity index (χ0v) is 12.2. The van der Waals surface area contributed by atoms with Gasteiger partial charge in [-0.05, 0) is 29.7 Å². The van der Waals surface area contributed by atoms with Crippen LogP contribution in [0.2, 0.25) is 0 Å². The van der Waals surface area contributed by atoms with Gasteiger partial charge in [0.2, 0.25) is 6.08 Å². The van der Waals surface area contributed by atoms with Gasteiger partial charge in [0.25, 0.3) is 0 Å². The molecule has 0 amide bonds. The van der Waals surface area contributed by atoms with Gasteiger partial charge in [0.1, 0.15) is 11.4 Å². The molecule has 0 aliphatic rings. The van der Waals surface area contributed by atoms with Crippen LogP contribution in [0.25, 0.3) is 11.1 Å². The number of benzene rings is 2. The molecule has 2 rings (SSSR count). The number of nitrogens with zero attached hydrogens (tertiary/aromatic N) is 1. The van der Waals surface area contributed by atoms with Crippen LogP contribution in [-0.4, -0.2) is 12.7 Å². The van der Waals surface area contributed by atoms with Crippen LogP contribution in [0.3, 0.4) is 0 Å². The van der Waals surface area contributed by atoms with Crippen molar-refractivity contribution in [1.82, 2.24) is 0 Å². The number of unbranched alkanes of at least 4 members (excludes halogenated alkanes) is 2. The fourth-order valence-corrected chi connectivity index (χ4v) is 2.12. The number of hydrogen-bond donors (Lipinski definition) is 0. The van der Waals surface area contributed by atoms with Crippen molar-refractivity contribution in [3.05, 3.63) is 48.5 Å². The summed E-state index contributed by atoms with van der Waals surface area (Å²) in [6.45, 7) is 2.79. The average molecular weight is 281 g/mol. The summed E-state index contributed by atoms with van der Waals surface area (Å²) in [7, 11) is 0. The van der Waals surface area contributed by atoms with E-state index in [4.69, 9.17) is 4.74 Å². The van der Waals surface area contributed by atoms with Crippen LogP contribution in [0.4, 0.5) is 5.69 Å². The molecule has 0 saturated heterocycles. The van der Waals surface area contributed by atoms with Gasteiger partial charge in [-0.3, -0.25) is 0 Å². The van der Waals surface area contributed by atoms with Crippen LogP contribution < -0.4 is 4.74 Å². The van der Waals surface area contributed by atoms with Gasteiger partial charge in [0.05, 0.1) is 6.61 Å². The lowest BCUT2D eigenvalue weighted by Gasteiger charge is -2.10. The van der Waals surface area contributed by atoms with Gasteiger partial charge in [-0.2, -0.15) is 4.99 Å². The van der Waals surface area contributed by atoms with Gasteiger partial charge < -0.3 is 4.74 Å². The van der Waals surface area contributed by atoms with Gasteiger partial charge in [0, 0.05) is 0 Å². The van der Waals surface area contributed by atoms with Gasteiger partial charge in [-0.25, -0.2) is 4.79 Å². The molecule has 21 heavy (non-hydrogen) atoms. The quantitative estimate of drug-likeness (QED) is 0.412. The molecule has 0 spiro atoms. The van der Waals surface area contributed by atoms with Gasteiger partial charge >= 0.3 is 0 Å². The van der Waals surface area contributed by atoms with E-state index in [1.807, 2.05) is 48.5 Å². The summed E-state index contributed by atoms with van der Waals surface area (Å²) in [4.78, 5) is 14.4. The first kappa shape index (κ1) is 15.0. The second-order valence-corrected chi connectivity index (χ2v) is 4.81. The summed E-state index contributed by atoms with van der Waals surface area (Å²) in [6, 6.07) is 15.7. The van der Waals surface area contributed by atoms with Crippen LogP contribution in [-0.2, 0) is 4.79 Å². The molecule has 0 unspecified atom stereocenters. The van der Waals surface area contributed by atoms with Gasteiger partial charge in [-0.15, -0.1) is 0 Å². The second kappa shape index (κ2) is 8.03. The second-order valence-electron chi connectivity index (χ2n) is 4.81. The Balaban J connectivity index is 2.21. The molecule has 0 bridgehead atoms. The topological polar surface area (TPSA) is 38.7 Å². The highest BCUT2D eigenvalue weighted by molar-refractivity contribution is 5.71. The molecule has 0 atom stereocenters. The van der Waals surface area contributed by atoms with E-state index < -0.39 is 0 Å². The lowest BCUT2D eigenvalue weighted by atomic mass is 10.0. The standard InChI is InChI=1S/C18H19NO2/c1-2-3-7-12-21-18-11-10-16(13-17(18)19-14-20)15-8-5-4-6-9-15/h4-6,8-11,13H,2-3,7,12H2,1H3. The normalized spacial score (nSPS) is 9.95. The van der Waals surface area contributed by atoms with Crippen LogP contribution >= 0.6 is 0 Å². The van der Waals surface area contributed by atoms with Crippen molar-refractivity contribution in [3.8, 4) is 16.9 Å². The molecular weight excluding hydrogens is 262 g/mol. The van der Waals surface area contributed by atoms with Crippen molar-refractivity contribution in [2.75, 3.05) is 6.61 Å². The first-order valence-corrected chi connectivity index (χ1v) is 7.25. The molecule has 0 saturated carbocycles. The highest BCUT2D eigenvalue weighted by Gasteiger charge is 2.06. The fraction of sp³-hybridized carbons (Fsp3) is 0.278. The van der Waals surface area contributed by atoms with E-state index in [0.29, 0.717) is 18.0 Å². The number of ether oxygens (including phenoxy) is 1. The predicted octanol–water partition coefficient (Wildman–Crippen LogP) is 4.89. The van der Waals surface area contributed by atoms with Crippen molar-refractivity contribution >= 4 is 11.8 Å². The fourth-order valence-electron chi connectivity index (χ4n) is 2.12. The Hall–Kier alpha value is -2.38. The molecule has 0 aliphatic carbocycles. The zero-order valence-electron chi connectivity index (χ0n) is 12.2. The number of aliphatic imine (C=N–C) groups is 1. The van der Waals surface area contributed by atoms with E-state index in [9.17, 15) is 4.79 Å². The molecule has 3 heteroatoms. The Bertz CT molecular complexity index is 616. The molecule has 0 heterocycles. The monoisotopic (exact) mass is 281 g/mol. The van der Waals surface area contributed by atoms with Crippen LogP contribution in [0, 0.1) is 0 Å². The summed E-state index contributed by atoms with van der Waals surface area (Å²) in [6.07, 6.45) is 4.88. The Morgan fingerprint density at radius 2 is 1.86 bits per heavy atom. The van der Waals surface area contributed by atoms with Crippen LogP contribution in [0.1, 0.15) is 26.2 Å². The van der Waals surface area contributed by atoms with Crippen molar-refractivity contribution < 1.29 is 9.53 Å². The Morgan fingerprint density at radius 3 is 2.57 bits per heavy atom. The minimum Gasteiger partial charge on any atom is -0.491 e.